The molecular weight excluding hydrogens is 363 g/mol. The summed E-state index contributed by atoms with van der Waals surface area (Å²) in [5.74, 6) is -1.07. The Balaban J connectivity index is 1.84. The molecule has 0 N–H and O–H groups in total. The van der Waals surface area contributed by atoms with Crippen LogP contribution in [0.5, 0.6) is 0 Å². The first kappa shape index (κ1) is 18.0. The lowest BCUT2D eigenvalue weighted by atomic mass is 9.77. The number of nitrogens with zero attached hydrogens (tertiary/aromatic N) is 2. The number of non-ortho nitro benzene ring substituents is 1. The number of benzene rings is 2. The van der Waals surface area contributed by atoms with Gasteiger partial charge in [-0.2, -0.15) is 0 Å². The number of anilines is 1. The number of carbonyl (C=O) groups excluding carboxylic acids is 2. The van der Waals surface area contributed by atoms with Crippen LogP contribution in [0.2, 0.25) is 0 Å². The molecule has 1 aliphatic heterocycles. The Morgan fingerprint density at radius 1 is 1.07 bits per heavy atom. The quantitative estimate of drug-likeness (QED) is 0.589. The van der Waals surface area contributed by atoms with Crippen LogP contribution in [0.4, 0.5) is 15.8 Å². The summed E-state index contributed by atoms with van der Waals surface area (Å²) in [4.78, 5) is 37.8. The fraction of sp³-hybridized carbons (Fsp3) is 0.238. The Kier molecular flexibility index (Phi) is 4.50. The normalized spacial score (nSPS) is 19.6. The predicted octanol–water partition coefficient (Wildman–Crippen LogP) is 4.26. The van der Waals surface area contributed by atoms with Crippen LogP contribution >= 0.6 is 0 Å². The third kappa shape index (κ3) is 3.09. The fourth-order valence-corrected chi connectivity index (χ4v) is 4.02. The average Bonchev–Trinajstić information content (AvgIpc) is 2.68. The van der Waals surface area contributed by atoms with Crippen molar-refractivity contribution >= 4 is 23.1 Å². The molecule has 1 atom stereocenters. The van der Waals surface area contributed by atoms with E-state index in [2.05, 4.69) is 0 Å². The maximum atomic E-state index is 13.3. The van der Waals surface area contributed by atoms with Crippen LogP contribution in [-0.4, -0.2) is 16.6 Å². The molecule has 7 heteroatoms. The van der Waals surface area contributed by atoms with Crippen molar-refractivity contribution in [3.63, 3.8) is 0 Å². The summed E-state index contributed by atoms with van der Waals surface area (Å²) in [5.41, 5.74) is 2.15. The Hall–Kier alpha value is -3.35. The maximum Gasteiger partial charge on any atom is 0.271 e. The molecular formula is C21H17FN2O4. The third-order valence-electron chi connectivity index (χ3n) is 5.25. The second kappa shape index (κ2) is 6.99. The van der Waals surface area contributed by atoms with Crippen molar-refractivity contribution in [3.05, 3.63) is 81.3 Å². The van der Waals surface area contributed by atoms with Crippen molar-refractivity contribution < 1.29 is 18.9 Å². The smallest absolute Gasteiger partial charge is 0.271 e. The predicted molar refractivity (Wildman–Crippen MR) is 100 cm³/mol. The molecule has 1 amide bonds. The zero-order valence-electron chi connectivity index (χ0n) is 14.9. The molecule has 1 aliphatic carbocycles. The number of halogens is 1. The van der Waals surface area contributed by atoms with E-state index in [4.69, 9.17) is 0 Å². The van der Waals surface area contributed by atoms with Gasteiger partial charge in [-0.3, -0.25) is 24.6 Å². The molecule has 28 heavy (non-hydrogen) atoms. The molecule has 0 saturated heterocycles. The molecule has 0 fully saturated rings. The zero-order valence-corrected chi connectivity index (χ0v) is 14.9. The molecule has 142 valence electrons. The van der Waals surface area contributed by atoms with Gasteiger partial charge in [0.05, 0.1) is 10.6 Å². The number of Topliss-reactive ketones (excluding diaryl/α,β-unsaturated/α-hetero) is 1. The number of rotatable bonds is 3. The number of carbonyl (C=O) groups is 2. The Bertz CT molecular complexity index is 1010. The van der Waals surface area contributed by atoms with Gasteiger partial charge in [0.1, 0.15) is 5.82 Å². The number of amides is 1. The lowest BCUT2D eigenvalue weighted by Gasteiger charge is -2.38. The number of nitro benzene ring substituents is 1. The van der Waals surface area contributed by atoms with Crippen LogP contribution in [0.25, 0.3) is 0 Å². The molecule has 0 spiro atoms. The van der Waals surface area contributed by atoms with E-state index in [9.17, 15) is 24.1 Å². The van der Waals surface area contributed by atoms with E-state index in [0.29, 0.717) is 36.2 Å². The van der Waals surface area contributed by atoms with E-state index in [0.717, 1.165) is 5.56 Å². The highest BCUT2D eigenvalue weighted by Gasteiger charge is 2.39. The highest BCUT2D eigenvalue weighted by atomic mass is 19.1. The van der Waals surface area contributed by atoms with Gasteiger partial charge in [0.2, 0.25) is 5.91 Å². The van der Waals surface area contributed by atoms with E-state index < -0.39 is 10.8 Å². The average molecular weight is 380 g/mol. The van der Waals surface area contributed by atoms with Crippen molar-refractivity contribution in [2.75, 3.05) is 4.90 Å². The molecule has 0 aromatic heterocycles. The largest absolute Gasteiger partial charge is 0.294 e. The molecule has 1 heterocycles. The van der Waals surface area contributed by atoms with E-state index in [1.54, 1.807) is 18.2 Å². The highest BCUT2D eigenvalue weighted by Crippen LogP contribution is 2.43. The van der Waals surface area contributed by atoms with E-state index in [-0.39, 0.29) is 29.6 Å². The van der Waals surface area contributed by atoms with Crippen LogP contribution in [0.3, 0.4) is 0 Å². The van der Waals surface area contributed by atoms with Gasteiger partial charge < -0.3 is 0 Å². The van der Waals surface area contributed by atoms with Gasteiger partial charge in [0, 0.05) is 42.2 Å². The topological polar surface area (TPSA) is 80.5 Å². The van der Waals surface area contributed by atoms with E-state index in [1.165, 1.54) is 35.2 Å². The first-order valence-electron chi connectivity index (χ1n) is 9.05. The lowest BCUT2D eigenvalue weighted by Crippen LogP contribution is -2.40. The lowest BCUT2D eigenvalue weighted by molar-refractivity contribution is -0.384. The van der Waals surface area contributed by atoms with E-state index >= 15 is 0 Å². The standard InChI is InChI=1S/C21H17FN2O4/c22-14-9-7-13(8-10-14)17-12-20(26)23(18-5-2-6-19(25)21(17)18)15-3-1-4-16(11-15)24(27)28/h1,3-4,7-11,17H,2,5-6,12H2. The molecule has 4 rings (SSSR count). The molecule has 0 saturated carbocycles. The molecule has 2 aromatic rings. The maximum absolute atomic E-state index is 13.3. The first-order chi connectivity index (χ1) is 13.5. The van der Waals surface area contributed by atoms with Crippen LogP contribution < -0.4 is 4.90 Å². The van der Waals surface area contributed by atoms with Gasteiger partial charge >= 0.3 is 0 Å². The molecule has 0 radical (unpaired) electrons. The third-order valence-corrected chi connectivity index (χ3v) is 5.25. The molecule has 6 nitrogen and oxygen atoms in total. The van der Waals surface area contributed by atoms with Gasteiger partial charge in [0.25, 0.3) is 5.69 Å². The zero-order chi connectivity index (χ0) is 19.8. The van der Waals surface area contributed by atoms with Crippen molar-refractivity contribution in [1.29, 1.82) is 0 Å². The fourth-order valence-electron chi connectivity index (χ4n) is 4.02. The summed E-state index contributed by atoms with van der Waals surface area (Å²) in [5, 5.41) is 11.1. The number of allylic oxidation sites excluding steroid dienone is 2. The van der Waals surface area contributed by atoms with Crippen molar-refractivity contribution in [2.45, 2.75) is 31.6 Å². The van der Waals surface area contributed by atoms with Crippen molar-refractivity contribution in [1.82, 2.24) is 0 Å². The second-order valence-electron chi connectivity index (χ2n) is 6.95. The van der Waals surface area contributed by atoms with Gasteiger partial charge in [-0.1, -0.05) is 18.2 Å². The monoisotopic (exact) mass is 380 g/mol. The Morgan fingerprint density at radius 3 is 2.54 bits per heavy atom. The van der Waals surface area contributed by atoms with Crippen molar-refractivity contribution in [3.8, 4) is 0 Å². The van der Waals surface area contributed by atoms with E-state index in [1.807, 2.05) is 0 Å². The molecule has 0 bridgehead atoms. The van der Waals surface area contributed by atoms with Crippen LogP contribution in [-0.2, 0) is 9.59 Å². The summed E-state index contributed by atoms with van der Waals surface area (Å²) in [6.45, 7) is 0. The van der Waals surface area contributed by atoms with Gasteiger partial charge in [0.15, 0.2) is 5.78 Å². The molecule has 2 aliphatic rings. The van der Waals surface area contributed by atoms with Gasteiger partial charge in [-0.25, -0.2) is 4.39 Å². The number of hydrogen-bond acceptors (Lipinski definition) is 4. The number of hydrogen-bond donors (Lipinski definition) is 0. The van der Waals surface area contributed by atoms with Gasteiger partial charge in [-0.05, 0) is 36.6 Å². The van der Waals surface area contributed by atoms with Crippen LogP contribution in [0, 0.1) is 15.9 Å². The van der Waals surface area contributed by atoms with Crippen LogP contribution in [0.15, 0.2) is 59.8 Å². The molecule has 1 unspecified atom stereocenters. The molecule has 2 aromatic carbocycles. The summed E-state index contributed by atoms with van der Waals surface area (Å²) in [6, 6.07) is 11.7. The summed E-state index contributed by atoms with van der Waals surface area (Å²) < 4.78 is 13.3. The number of nitro groups is 1. The SMILES string of the molecule is O=C1CCCC2=C1C(c1ccc(F)cc1)CC(=O)N2c1cccc([N+](=O)[O-])c1. The number of ketones is 1. The van der Waals surface area contributed by atoms with Gasteiger partial charge in [-0.15, -0.1) is 0 Å². The Morgan fingerprint density at radius 2 is 1.82 bits per heavy atom. The minimum Gasteiger partial charge on any atom is -0.294 e. The van der Waals surface area contributed by atoms with Crippen LogP contribution in [0.1, 0.15) is 37.2 Å². The minimum absolute atomic E-state index is 0.0292. The minimum atomic E-state index is -0.513. The highest BCUT2D eigenvalue weighted by molar-refractivity contribution is 6.07. The second-order valence-corrected chi connectivity index (χ2v) is 6.95. The van der Waals surface area contributed by atoms with Crippen molar-refractivity contribution in [2.24, 2.45) is 0 Å². The summed E-state index contributed by atoms with van der Waals surface area (Å²) in [6.07, 6.45) is 1.60. The summed E-state index contributed by atoms with van der Waals surface area (Å²) in [7, 11) is 0. The Labute approximate surface area is 160 Å². The summed E-state index contributed by atoms with van der Waals surface area (Å²) >= 11 is 0. The first-order valence-corrected chi connectivity index (χ1v) is 9.05.